The van der Waals surface area contributed by atoms with E-state index in [0.29, 0.717) is 11.4 Å². The van der Waals surface area contributed by atoms with Crippen molar-refractivity contribution in [3.8, 4) is 0 Å². The van der Waals surface area contributed by atoms with Gasteiger partial charge < -0.3 is 5.32 Å². The number of hydrogen-bond donors (Lipinski definition) is 1. The van der Waals surface area contributed by atoms with Crippen molar-refractivity contribution in [3.63, 3.8) is 0 Å². The Bertz CT molecular complexity index is 619. The van der Waals surface area contributed by atoms with Crippen LogP contribution in [0.3, 0.4) is 0 Å². The van der Waals surface area contributed by atoms with Gasteiger partial charge in [-0.15, -0.1) is 0 Å². The quantitative estimate of drug-likeness (QED) is 0.687. The summed E-state index contributed by atoms with van der Waals surface area (Å²) in [6.07, 6.45) is 0.661. The first-order chi connectivity index (χ1) is 9.51. The maximum atomic E-state index is 13.4. The normalized spacial score (nSPS) is 12.4. The predicted molar refractivity (Wildman–Crippen MR) is 88.8 cm³/mol. The molecule has 2 aromatic carbocycles. The fraction of sp³-hybridized carbons (Fsp3) is 0.200. The summed E-state index contributed by atoms with van der Waals surface area (Å²) in [5.74, 6) is -0.233. The van der Waals surface area contributed by atoms with E-state index in [2.05, 4.69) is 37.2 Å². The maximum Gasteiger partial charge on any atom is 0.123 e. The molecule has 1 N–H and O–H groups in total. The highest BCUT2D eigenvalue weighted by Gasteiger charge is 2.15. The minimum atomic E-state index is -0.233. The van der Waals surface area contributed by atoms with Gasteiger partial charge in [0.1, 0.15) is 5.82 Å². The summed E-state index contributed by atoms with van der Waals surface area (Å²) in [5, 5.41) is 3.93. The van der Waals surface area contributed by atoms with Gasteiger partial charge in [-0.2, -0.15) is 0 Å². The smallest absolute Gasteiger partial charge is 0.123 e. The van der Waals surface area contributed by atoms with Gasteiger partial charge in [0.2, 0.25) is 0 Å². The van der Waals surface area contributed by atoms with E-state index in [1.54, 1.807) is 12.1 Å². The molecule has 1 atom stereocenters. The van der Waals surface area contributed by atoms with Crippen molar-refractivity contribution in [1.29, 1.82) is 0 Å². The van der Waals surface area contributed by atoms with Crippen molar-refractivity contribution < 1.29 is 4.39 Å². The maximum absolute atomic E-state index is 13.4. The first-order valence-corrected chi connectivity index (χ1v) is 8.04. The van der Waals surface area contributed by atoms with E-state index in [1.165, 1.54) is 6.07 Å². The molecule has 0 aliphatic heterocycles. The summed E-state index contributed by atoms with van der Waals surface area (Å²) < 4.78 is 15.3. The summed E-state index contributed by atoms with van der Waals surface area (Å²) in [4.78, 5) is 0. The van der Waals surface area contributed by atoms with E-state index in [0.717, 1.165) is 20.1 Å². The van der Waals surface area contributed by atoms with Crippen molar-refractivity contribution in [3.05, 3.63) is 67.3 Å². The molecule has 1 unspecified atom stereocenters. The van der Waals surface area contributed by atoms with Gasteiger partial charge in [-0.3, -0.25) is 0 Å². The molecule has 0 bridgehead atoms. The number of hydrogen-bond acceptors (Lipinski definition) is 1. The average molecular weight is 422 g/mol. The van der Waals surface area contributed by atoms with E-state index in [1.807, 2.05) is 25.2 Å². The molecule has 0 aliphatic rings. The second-order valence-corrected chi connectivity index (χ2v) is 6.59. The van der Waals surface area contributed by atoms with Gasteiger partial charge in [-0.25, -0.2) is 4.39 Å². The van der Waals surface area contributed by atoms with E-state index in [9.17, 15) is 4.39 Å². The highest BCUT2D eigenvalue weighted by molar-refractivity contribution is 9.10. The van der Waals surface area contributed by atoms with E-state index < -0.39 is 0 Å². The highest BCUT2D eigenvalue weighted by atomic mass is 79.9. The molecule has 0 saturated heterocycles. The zero-order valence-corrected chi connectivity index (χ0v) is 14.7. The SMILES string of the molecule is CNC(Cc1cc(F)ccc1Br)c1cc(Cl)ccc1Br. The third-order valence-corrected chi connectivity index (χ3v) is 4.84. The Labute approximate surface area is 139 Å². The molecule has 2 aromatic rings. The van der Waals surface area contributed by atoms with E-state index in [-0.39, 0.29) is 11.9 Å². The lowest BCUT2D eigenvalue weighted by Crippen LogP contribution is -2.19. The van der Waals surface area contributed by atoms with Crippen LogP contribution in [-0.2, 0) is 6.42 Å². The average Bonchev–Trinajstić information content (AvgIpc) is 2.42. The Hall–Kier alpha value is -0.420. The summed E-state index contributed by atoms with van der Waals surface area (Å²) in [6.45, 7) is 0. The summed E-state index contributed by atoms with van der Waals surface area (Å²) >= 11 is 13.1. The third kappa shape index (κ3) is 3.82. The minimum Gasteiger partial charge on any atom is -0.313 e. The zero-order valence-electron chi connectivity index (χ0n) is 10.8. The predicted octanol–water partition coefficient (Wildman–Crippen LogP) is 5.51. The van der Waals surface area contributed by atoms with Crippen LogP contribution in [0.15, 0.2) is 45.3 Å². The molecule has 5 heteroatoms. The molecule has 0 heterocycles. The number of rotatable bonds is 4. The van der Waals surface area contributed by atoms with Gasteiger partial charge in [0.15, 0.2) is 0 Å². The van der Waals surface area contributed by atoms with Crippen molar-refractivity contribution in [2.45, 2.75) is 12.5 Å². The molecule has 0 radical (unpaired) electrons. The Kier molecular flexibility index (Phi) is 5.61. The topological polar surface area (TPSA) is 12.0 Å². The molecule has 106 valence electrons. The van der Waals surface area contributed by atoms with Crippen LogP contribution in [0.5, 0.6) is 0 Å². The molecular weight excluding hydrogens is 408 g/mol. The zero-order chi connectivity index (χ0) is 14.7. The molecule has 0 spiro atoms. The second kappa shape index (κ2) is 7.03. The van der Waals surface area contributed by atoms with Crippen molar-refractivity contribution in [2.75, 3.05) is 7.05 Å². The fourth-order valence-corrected chi connectivity index (χ4v) is 3.18. The van der Waals surface area contributed by atoms with Gasteiger partial charge in [-0.1, -0.05) is 43.5 Å². The number of halogens is 4. The Balaban J connectivity index is 2.33. The lowest BCUT2D eigenvalue weighted by molar-refractivity contribution is 0.581. The third-order valence-electron chi connectivity index (χ3n) is 3.11. The van der Waals surface area contributed by atoms with Crippen LogP contribution in [0, 0.1) is 5.82 Å². The number of likely N-dealkylation sites (N-methyl/N-ethyl adjacent to an activating group) is 1. The molecule has 0 saturated carbocycles. The van der Waals surface area contributed by atoms with E-state index in [4.69, 9.17) is 11.6 Å². The van der Waals surface area contributed by atoms with Crippen LogP contribution < -0.4 is 5.32 Å². The molecule has 2 rings (SSSR count). The van der Waals surface area contributed by atoms with Crippen LogP contribution in [-0.4, -0.2) is 7.05 Å². The minimum absolute atomic E-state index is 0.0428. The standard InChI is InChI=1S/C15H13Br2ClFN/c1-20-15(12-8-10(18)2-4-14(12)17)7-9-6-11(19)3-5-13(9)16/h2-6,8,15,20H,7H2,1H3. The first kappa shape index (κ1) is 16.0. The van der Waals surface area contributed by atoms with Crippen LogP contribution in [0.1, 0.15) is 17.2 Å². The molecule has 0 aromatic heterocycles. The Morgan fingerprint density at radius 1 is 1.15 bits per heavy atom. The summed E-state index contributed by atoms with van der Waals surface area (Å²) in [6, 6.07) is 10.4. The van der Waals surface area contributed by atoms with Crippen molar-refractivity contribution in [2.24, 2.45) is 0 Å². The second-order valence-electron chi connectivity index (χ2n) is 4.45. The van der Waals surface area contributed by atoms with E-state index >= 15 is 0 Å². The Morgan fingerprint density at radius 3 is 2.55 bits per heavy atom. The molecule has 0 aliphatic carbocycles. The molecule has 0 amide bonds. The molecule has 20 heavy (non-hydrogen) atoms. The summed E-state index contributed by atoms with van der Waals surface area (Å²) in [7, 11) is 1.88. The van der Waals surface area contributed by atoms with Crippen LogP contribution in [0.25, 0.3) is 0 Å². The molecule has 0 fully saturated rings. The van der Waals surface area contributed by atoms with Gasteiger partial charge in [0.05, 0.1) is 0 Å². The fourth-order valence-electron chi connectivity index (χ4n) is 2.07. The first-order valence-electron chi connectivity index (χ1n) is 6.07. The largest absolute Gasteiger partial charge is 0.313 e. The number of nitrogens with one attached hydrogen (secondary N) is 1. The molecular formula is C15H13Br2ClFN. The highest BCUT2D eigenvalue weighted by Crippen LogP contribution is 2.30. The molecule has 1 nitrogen and oxygen atoms in total. The van der Waals surface area contributed by atoms with Gasteiger partial charge in [-0.05, 0) is 61.0 Å². The van der Waals surface area contributed by atoms with Gasteiger partial charge >= 0.3 is 0 Å². The number of benzene rings is 2. The van der Waals surface area contributed by atoms with Crippen molar-refractivity contribution >= 4 is 43.5 Å². The lowest BCUT2D eigenvalue weighted by atomic mass is 9.99. The summed E-state index contributed by atoms with van der Waals surface area (Å²) in [5.41, 5.74) is 1.97. The van der Waals surface area contributed by atoms with Crippen LogP contribution in [0.2, 0.25) is 5.02 Å². The van der Waals surface area contributed by atoms with Crippen molar-refractivity contribution in [1.82, 2.24) is 5.32 Å². The Morgan fingerprint density at radius 2 is 1.85 bits per heavy atom. The van der Waals surface area contributed by atoms with Gasteiger partial charge in [0.25, 0.3) is 0 Å². The van der Waals surface area contributed by atoms with Crippen LogP contribution in [0.4, 0.5) is 4.39 Å². The van der Waals surface area contributed by atoms with Gasteiger partial charge in [0, 0.05) is 20.0 Å². The lowest BCUT2D eigenvalue weighted by Gasteiger charge is -2.19. The monoisotopic (exact) mass is 419 g/mol. The van der Waals surface area contributed by atoms with Crippen LogP contribution >= 0.6 is 43.5 Å².